The van der Waals surface area contributed by atoms with Crippen molar-refractivity contribution in [1.29, 1.82) is 0 Å². The van der Waals surface area contributed by atoms with Crippen molar-refractivity contribution in [3.8, 4) is 0 Å². The second-order valence-corrected chi connectivity index (χ2v) is 2.78. The molecule has 0 aromatic carbocycles. The number of hydrogen-bond donors (Lipinski definition) is 1. The van der Waals surface area contributed by atoms with Gasteiger partial charge in [0.05, 0.1) is 25.3 Å². The fraction of sp³-hybridized carbons (Fsp3) is 0.444. The van der Waals surface area contributed by atoms with Crippen LogP contribution in [0.1, 0.15) is 5.76 Å². The number of ether oxygens (including phenoxy) is 1. The van der Waals surface area contributed by atoms with Crippen molar-refractivity contribution >= 4 is 5.78 Å². The molecule has 1 aromatic heterocycles. The van der Waals surface area contributed by atoms with E-state index >= 15 is 0 Å². The van der Waals surface area contributed by atoms with Crippen LogP contribution in [-0.4, -0.2) is 25.5 Å². The van der Waals surface area contributed by atoms with E-state index in [2.05, 4.69) is 0 Å². The maximum absolute atomic E-state index is 11.3. The minimum atomic E-state index is -0.560. The van der Waals surface area contributed by atoms with Crippen molar-refractivity contribution < 1.29 is 13.9 Å². The smallest absolute Gasteiger partial charge is 0.159 e. The maximum Gasteiger partial charge on any atom is 0.159 e. The van der Waals surface area contributed by atoms with Crippen molar-refractivity contribution in [3.05, 3.63) is 24.2 Å². The Balaban J connectivity index is 2.41. The Labute approximate surface area is 76.7 Å². The molecule has 0 aliphatic rings. The van der Waals surface area contributed by atoms with Crippen LogP contribution in [0.3, 0.4) is 0 Å². The number of hydrogen-bond acceptors (Lipinski definition) is 4. The highest BCUT2D eigenvalue weighted by molar-refractivity contribution is 5.85. The molecule has 72 valence electrons. The van der Waals surface area contributed by atoms with E-state index in [1.165, 1.54) is 13.4 Å². The number of furan rings is 1. The molecule has 1 unspecified atom stereocenters. The molecule has 2 N–H and O–H groups in total. The number of Topliss-reactive ketones (excluding diaryl/α,β-unsaturated/α-hetero) is 1. The Kier molecular flexibility index (Phi) is 3.67. The Hall–Kier alpha value is -1.13. The molecule has 0 bridgehead atoms. The quantitative estimate of drug-likeness (QED) is 0.716. The first-order valence-corrected chi connectivity index (χ1v) is 4.03. The van der Waals surface area contributed by atoms with Crippen molar-refractivity contribution in [3.63, 3.8) is 0 Å². The van der Waals surface area contributed by atoms with Crippen LogP contribution in [-0.2, 0) is 16.0 Å². The zero-order valence-electron chi connectivity index (χ0n) is 7.53. The number of carbonyl (C=O) groups excluding carboxylic acids is 1. The molecule has 0 radical (unpaired) electrons. The van der Waals surface area contributed by atoms with Gasteiger partial charge < -0.3 is 14.9 Å². The van der Waals surface area contributed by atoms with Gasteiger partial charge in [-0.2, -0.15) is 0 Å². The Morgan fingerprint density at radius 1 is 1.77 bits per heavy atom. The summed E-state index contributed by atoms with van der Waals surface area (Å²) in [5.41, 5.74) is 5.53. The van der Waals surface area contributed by atoms with Crippen LogP contribution in [0.4, 0.5) is 0 Å². The molecular weight excluding hydrogens is 170 g/mol. The average Bonchev–Trinajstić information content (AvgIpc) is 2.57. The van der Waals surface area contributed by atoms with Gasteiger partial charge in [0.1, 0.15) is 5.76 Å². The molecule has 1 atom stereocenters. The summed E-state index contributed by atoms with van der Waals surface area (Å²) in [6.45, 7) is 0.250. The van der Waals surface area contributed by atoms with Crippen molar-refractivity contribution in [2.45, 2.75) is 12.5 Å². The van der Waals surface area contributed by atoms with Gasteiger partial charge in [-0.05, 0) is 12.1 Å². The molecule has 0 aliphatic heterocycles. The number of carbonyl (C=O) groups is 1. The Morgan fingerprint density at radius 3 is 3.08 bits per heavy atom. The average molecular weight is 183 g/mol. The normalized spacial score (nSPS) is 12.8. The van der Waals surface area contributed by atoms with Crippen LogP contribution in [0.25, 0.3) is 0 Å². The highest BCUT2D eigenvalue weighted by Crippen LogP contribution is 2.02. The predicted octanol–water partition coefficient (Wildman–Crippen LogP) is 0.365. The van der Waals surface area contributed by atoms with Gasteiger partial charge in [0.2, 0.25) is 0 Å². The first-order valence-electron chi connectivity index (χ1n) is 4.03. The number of nitrogens with two attached hydrogens (primary N) is 1. The number of rotatable bonds is 5. The summed E-state index contributed by atoms with van der Waals surface area (Å²) in [5, 5.41) is 0. The van der Waals surface area contributed by atoms with Crippen LogP contribution >= 0.6 is 0 Å². The monoisotopic (exact) mass is 183 g/mol. The summed E-state index contributed by atoms with van der Waals surface area (Å²) in [5.74, 6) is 0.563. The van der Waals surface area contributed by atoms with Crippen molar-refractivity contribution in [1.82, 2.24) is 0 Å². The Bertz CT molecular complexity index is 256. The predicted molar refractivity (Wildman–Crippen MR) is 47.3 cm³/mol. The maximum atomic E-state index is 11.3. The van der Waals surface area contributed by atoms with Gasteiger partial charge in [-0.15, -0.1) is 0 Å². The van der Waals surface area contributed by atoms with E-state index in [9.17, 15) is 4.79 Å². The van der Waals surface area contributed by atoms with Gasteiger partial charge in [0.15, 0.2) is 5.78 Å². The first kappa shape index (κ1) is 9.95. The fourth-order valence-electron chi connectivity index (χ4n) is 0.988. The summed E-state index contributed by atoms with van der Waals surface area (Å²) in [6, 6.07) is 2.93. The summed E-state index contributed by atoms with van der Waals surface area (Å²) in [6.07, 6.45) is 1.77. The molecular formula is C9H13NO3. The van der Waals surface area contributed by atoms with Gasteiger partial charge in [0, 0.05) is 7.11 Å². The lowest BCUT2D eigenvalue weighted by Gasteiger charge is -2.07. The number of ketones is 1. The molecule has 0 aliphatic carbocycles. The first-order chi connectivity index (χ1) is 6.24. The van der Waals surface area contributed by atoms with Crippen LogP contribution in [0.15, 0.2) is 22.8 Å². The largest absolute Gasteiger partial charge is 0.469 e. The van der Waals surface area contributed by atoms with E-state index < -0.39 is 6.04 Å². The van der Waals surface area contributed by atoms with Crippen LogP contribution in [0.5, 0.6) is 0 Å². The van der Waals surface area contributed by atoms with Gasteiger partial charge in [0.25, 0.3) is 0 Å². The molecule has 13 heavy (non-hydrogen) atoms. The fourth-order valence-corrected chi connectivity index (χ4v) is 0.988. The molecule has 0 spiro atoms. The van der Waals surface area contributed by atoms with Gasteiger partial charge in [-0.3, -0.25) is 4.79 Å². The zero-order chi connectivity index (χ0) is 9.68. The summed E-state index contributed by atoms with van der Waals surface area (Å²) in [7, 11) is 1.51. The van der Waals surface area contributed by atoms with Crippen molar-refractivity contribution in [2.24, 2.45) is 5.73 Å². The molecule has 1 aromatic rings. The highest BCUT2D eigenvalue weighted by Gasteiger charge is 2.14. The molecule has 4 heteroatoms. The van der Waals surface area contributed by atoms with E-state index in [1.54, 1.807) is 12.1 Å². The molecule has 0 saturated carbocycles. The van der Waals surface area contributed by atoms with Gasteiger partial charge in [-0.25, -0.2) is 0 Å². The second-order valence-electron chi connectivity index (χ2n) is 2.78. The minimum Gasteiger partial charge on any atom is -0.469 e. The van der Waals surface area contributed by atoms with E-state index in [0.717, 1.165) is 0 Å². The SMILES string of the molecule is COCC(N)C(=O)Cc1ccco1. The minimum absolute atomic E-state index is 0.0724. The van der Waals surface area contributed by atoms with E-state index in [-0.39, 0.29) is 18.8 Å². The highest BCUT2D eigenvalue weighted by atomic mass is 16.5. The standard InChI is InChI=1S/C9H13NO3/c1-12-6-8(10)9(11)5-7-3-2-4-13-7/h2-4,8H,5-6,10H2,1H3. The third-order valence-corrected chi connectivity index (χ3v) is 1.69. The Morgan fingerprint density at radius 2 is 2.54 bits per heavy atom. The third-order valence-electron chi connectivity index (χ3n) is 1.69. The second kappa shape index (κ2) is 4.79. The third kappa shape index (κ3) is 3.01. The lowest BCUT2D eigenvalue weighted by molar-refractivity contribution is -0.120. The molecule has 0 fully saturated rings. The lowest BCUT2D eigenvalue weighted by Crippen LogP contribution is -2.35. The molecule has 0 saturated heterocycles. The molecule has 1 heterocycles. The molecule has 1 rings (SSSR count). The van der Waals surface area contributed by atoms with E-state index in [4.69, 9.17) is 14.9 Å². The van der Waals surface area contributed by atoms with E-state index in [1.807, 2.05) is 0 Å². The summed E-state index contributed by atoms with van der Waals surface area (Å²) in [4.78, 5) is 11.3. The zero-order valence-corrected chi connectivity index (χ0v) is 7.53. The summed E-state index contributed by atoms with van der Waals surface area (Å²) < 4.78 is 9.78. The molecule has 4 nitrogen and oxygen atoms in total. The topological polar surface area (TPSA) is 65.5 Å². The van der Waals surface area contributed by atoms with Gasteiger partial charge >= 0.3 is 0 Å². The van der Waals surface area contributed by atoms with Crippen LogP contribution < -0.4 is 5.73 Å². The van der Waals surface area contributed by atoms with Crippen LogP contribution in [0.2, 0.25) is 0 Å². The van der Waals surface area contributed by atoms with Crippen molar-refractivity contribution in [2.75, 3.05) is 13.7 Å². The van der Waals surface area contributed by atoms with E-state index in [0.29, 0.717) is 5.76 Å². The lowest BCUT2D eigenvalue weighted by atomic mass is 10.1. The summed E-state index contributed by atoms with van der Waals surface area (Å²) >= 11 is 0. The molecule has 0 amide bonds. The van der Waals surface area contributed by atoms with Gasteiger partial charge in [-0.1, -0.05) is 0 Å². The van der Waals surface area contributed by atoms with Crippen LogP contribution in [0, 0.1) is 0 Å². The number of methoxy groups -OCH3 is 1.